The van der Waals surface area contributed by atoms with Crippen LogP contribution in [0.2, 0.25) is 0 Å². The van der Waals surface area contributed by atoms with Crippen LogP contribution in [0.5, 0.6) is 0 Å². The third-order valence-electron chi connectivity index (χ3n) is 6.88. The largest absolute Gasteiger partial charge is 0.323 e. The number of nitrogens with zero attached hydrogens (tertiary/aromatic N) is 3. The van der Waals surface area contributed by atoms with Gasteiger partial charge in [-0.2, -0.15) is 0 Å². The van der Waals surface area contributed by atoms with Gasteiger partial charge in [-0.15, -0.1) is 0 Å². The molecule has 2 aromatic carbocycles. The number of ketones is 1. The van der Waals surface area contributed by atoms with Crippen LogP contribution in [-0.4, -0.2) is 59.3 Å². The molecule has 1 N–H and O–H groups in total. The summed E-state index contributed by atoms with van der Waals surface area (Å²) in [7, 11) is 0. The van der Waals surface area contributed by atoms with Gasteiger partial charge in [-0.25, -0.2) is 13.6 Å². The number of carbonyl (C=O) groups is 2. The first kappa shape index (κ1) is 23.1. The summed E-state index contributed by atoms with van der Waals surface area (Å²) < 4.78 is 27.3. The molecule has 5 rings (SSSR count). The summed E-state index contributed by atoms with van der Waals surface area (Å²) in [5, 5.41) is 3.09. The van der Waals surface area contributed by atoms with Gasteiger partial charge in [0, 0.05) is 19.3 Å². The molecule has 1 atom stereocenters. The van der Waals surface area contributed by atoms with Gasteiger partial charge in [0.15, 0.2) is 5.78 Å². The van der Waals surface area contributed by atoms with E-state index >= 15 is 0 Å². The van der Waals surface area contributed by atoms with Crippen LogP contribution in [0.1, 0.15) is 28.0 Å². The second-order valence-corrected chi connectivity index (χ2v) is 9.26. The third kappa shape index (κ3) is 4.79. The summed E-state index contributed by atoms with van der Waals surface area (Å²) >= 11 is 0. The predicted molar refractivity (Wildman–Crippen MR) is 127 cm³/mol. The van der Waals surface area contributed by atoms with Gasteiger partial charge in [0.05, 0.1) is 13.1 Å². The van der Waals surface area contributed by atoms with Crippen LogP contribution in [-0.2, 0) is 5.54 Å². The third-order valence-corrected chi connectivity index (χ3v) is 6.88. The van der Waals surface area contributed by atoms with Gasteiger partial charge in [0.1, 0.15) is 22.9 Å². The van der Waals surface area contributed by atoms with Crippen molar-refractivity contribution in [2.24, 2.45) is 5.92 Å². The lowest BCUT2D eigenvalue weighted by Crippen LogP contribution is -2.41. The minimum atomic E-state index is -0.911. The first-order valence-electron chi connectivity index (χ1n) is 11.7. The van der Waals surface area contributed by atoms with Gasteiger partial charge >= 0.3 is 6.03 Å². The fourth-order valence-corrected chi connectivity index (χ4v) is 5.10. The number of nitrogens with one attached hydrogen (secondary N) is 1. The van der Waals surface area contributed by atoms with Gasteiger partial charge in [-0.05, 0) is 66.4 Å². The molecule has 0 bridgehead atoms. The van der Waals surface area contributed by atoms with E-state index in [9.17, 15) is 18.4 Å². The summed E-state index contributed by atoms with van der Waals surface area (Å²) in [6.07, 6.45) is 2.49. The number of Topliss-reactive ketones (excluding diaryl/α,β-unsaturated/α-hetero) is 1. The number of benzene rings is 2. The van der Waals surface area contributed by atoms with E-state index in [1.807, 2.05) is 0 Å². The highest BCUT2D eigenvalue weighted by Crippen LogP contribution is 2.36. The topological polar surface area (TPSA) is 65.5 Å². The number of aromatic nitrogens is 1. The molecule has 3 heterocycles. The Bertz CT molecular complexity index is 1160. The van der Waals surface area contributed by atoms with E-state index in [-0.39, 0.29) is 29.4 Å². The Morgan fingerprint density at radius 1 is 1.00 bits per heavy atom. The monoisotopic (exact) mass is 476 g/mol. The number of halogens is 2. The molecule has 0 saturated carbocycles. The molecule has 0 radical (unpaired) electrons. The number of carbonyl (C=O) groups excluding carboxylic acids is 2. The van der Waals surface area contributed by atoms with Gasteiger partial charge < -0.3 is 10.2 Å². The molecule has 3 aromatic rings. The Morgan fingerprint density at radius 2 is 1.66 bits per heavy atom. The fraction of sp³-hybridized carbons (Fsp3) is 0.296. The number of amides is 2. The highest BCUT2D eigenvalue weighted by atomic mass is 19.1. The van der Waals surface area contributed by atoms with Crippen molar-refractivity contribution in [1.29, 1.82) is 0 Å². The predicted octanol–water partition coefficient (Wildman–Crippen LogP) is 3.83. The van der Waals surface area contributed by atoms with Gasteiger partial charge in [-0.3, -0.25) is 14.7 Å². The van der Waals surface area contributed by atoms with Crippen LogP contribution in [0.4, 0.5) is 13.6 Å². The van der Waals surface area contributed by atoms with Crippen molar-refractivity contribution < 1.29 is 18.4 Å². The summed E-state index contributed by atoms with van der Waals surface area (Å²) in [5.74, 6) is -0.530. The molecular weight excluding hydrogens is 450 g/mol. The summed E-state index contributed by atoms with van der Waals surface area (Å²) in [6, 6.07) is 17.2. The number of urea groups is 1. The normalized spacial score (nSPS) is 19.7. The average molecular weight is 477 g/mol. The average Bonchev–Trinajstić information content (AvgIpc) is 3.45. The summed E-state index contributed by atoms with van der Waals surface area (Å²) in [6.45, 7) is 2.66. The van der Waals surface area contributed by atoms with E-state index in [0.717, 1.165) is 24.1 Å². The second-order valence-electron chi connectivity index (χ2n) is 9.26. The van der Waals surface area contributed by atoms with E-state index in [1.165, 1.54) is 24.3 Å². The number of pyridine rings is 1. The zero-order chi connectivity index (χ0) is 24.4. The molecule has 0 spiro atoms. The van der Waals surface area contributed by atoms with Crippen molar-refractivity contribution in [3.05, 3.63) is 101 Å². The maximum absolute atomic E-state index is 13.6. The molecule has 2 aliphatic heterocycles. The molecule has 0 aliphatic carbocycles. The van der Waals surface area contributed by atoms with Crippen molar-refractivity contribution in [2.75, 3.05) is 32.7 Å². The Morgan fingerprint density at radius 3 is 2.26 bits per heavy atom. The number of hydrogen-bond donors (Lipinski definition) is 1. The molecule has 35 heavy (non-hydrogen) atoms. The van der Waals surface area contributed by atoms with Crippen LogP contribution in [0.25, 0.3) is 0 Å². The molecule has 6 nitrogen and oxygen atoms in total. The lowest BCUT2D eigenvalue weighted by molar-refractivity contribution is 0.0937. The maximum Gasteiger partial charge on any atom is 0.318 e. The summed E-state index contributed by atoms with van der Waals surface area (Å²) in [5.41, 5.74) is 1.01. The zero-order valence-electron chi connectivity index (χ0n) is 19.2. The van der Waals surface area contributed by atoms with Crippen molar-refractivity contribution in [3.8, 4) is 0 Å². The molecule has 180 valence electrons. The van der Waals surface area contributed by atoms with Crippen LogP contribution in [0.15, 0.2) is 72.9 Å². The highest BCUT2D eigenvalue weighted by Gasteiger charge is 2.46. The van der Waals surface area contributed by atoms with E-state index in [4.69, 9.17) is 0 Å². The quantitative estimate of drug-likeness (QED) is 0.527. The fourth-order valence-electron chi connectivity index (χ4n) is 5.10. The van der Waals surface area contributed by atoms with Gasteiger partial charge in [0.2, 0.25) is 0 Å². The van der Waals surface area contributed by atoms with Crippen LogP contribution >= 0.6 is 0 Å². The molecule has 1 aromatic heterocycles. The highest BCUT2D eigenvalue weighted by molar-refractivity contribution is 5.95. The first-order chi connectivity index (χ1) is 16.9. The maximum atomic E-state index is 13.6. The van der Waals surface area contributed by atoms with E-state index in [1.54, 1.807) is 53.6 Å². The van der Waals surface area contributed by atoms with Crippen molar-refractivity contribution in [1.82, 2.24) is 20.1 Å². The first-order valence-corrected chi connectivity index (χ1v) is 11.7. The van der Waals surface area contributed by atoms with Crippen LogP contribution in [0, 0.1) is 17.6 Å². The molecular formula is C27H26F2N4O2. The Labute approximate surface area is 202 Å². The lowest BCUT2D eigenvalue weighted by atomic mass is 9.83. The van der Waals surface area contributed by atoms with Gasteiger partial charge in [-0.1, -0.05) is 30.3 Å². The van der Waals surface area contributed by atoms with Gasteiger partial charge in [0.25, 0.3) is 0 Å². The molecule has 1 unspecified atom stereocenters. The molecule has 8 heteroatoms. The van der Waals surface area contributed by atoms with E-state index in [0.29, 0.717) is 31.9 Å². The van der Waals surface area contributed by atoms with E-state index in [2.05, 4.69) is 15.2 Å². The standard InChI is InChI=1S/C27H26F2N4O2/c28-22-8-4-20(5-9-22)27(21-6-10-23(29)11-7-21)18-33(26(35)31-27)16-19-12-14-32(15-19)17-25(34)24-3-1-2-13-30-24/h1-11,13,19H,12,14-18H2,(H,31,35). The zero-order valence-corrected chi connectivity index (χ0v) is 19.2. The van der Waals surface area contributed by atoms with Crippen molar-refractivity contribution >= 4 is 11.8 Å². The minimum Gasteiger partial charge on any atom is -0.323 e. The number of rotatable bonds is 7. The van der Waals surface area contributed by atoms with Crippen LogP contribution < -0.4 is 5.32 Å². The molecule has 2 fully saturated rings. The molecule has 2 aliphatic rings. The minimum absolute atomic E-state index is 0.0168. The number of likely N-dealkylation sites (tertiary alicyclic amines) is 1. The van der Waals surface area contributed by atoms with E-state index < -0.39 is 5.54 Å². The SMILES string of the molecule is O=C(CN1CCC(CN2CC(c3ccc(F)cc3)(c3ccc(F)cc3)NC2=O)C1)c1ccccn1. The van der Waals surface area contributed by atoms with Crippen LogP contribution in [0.3, 0.4) is 0 Å². The van der Waals surface area contributed by atoms with Crippen molar-refractivity contribution in [3.63, 3.8) is 0 Å². The number of hydrogen-bond acceptors (Lipinski definition) is 4. The Hall–Kier alpha value is -3.65. The lowest BCUT2D eigenvalue weighted by Gasteiger charge is -2.30. The second kappa shape index (κ2) is 9.54. The smallest absolute Gasteiger partial charge is 0.318 e. The summed E-state index contributed by atoms with van der Waals surface area (Å²) in [4.78, 5) is 33.6. The Kier molecular flexibility index (Phi) is 6.30. The Balaban J connectivity index is 1.30. The molecule has 2 amide bonds. The molecule has 2 saturated heterocycles. The van der Waals surface area contributed by atoms with Crippen molar-refractivity contribution in [2.45, 2.75) is 12.0 Å².